The molecule has 3 rings (SSSR count). The van der Waals surface area contributed by atoms with Gasteiger partial charge in [0.15, 0.2) is 0 Å². The van der Waals surface area contributed by atoms with Crippen molar-refractivity contribution in [1.29, 1.82) is 0 Å². The molecule has 0 saturated heterocycles. The number of fused-ring (bicyclic) bond motifs is 1. The van der Waals surface area contributed by atoms with Crippen molar-refractivity contribution in [3.05, 3.63) is 76.5 Å². The van der Waals surface area contributed by atoms with Gasteiger partial charge in [-0.1, -0.05) is 18.2 Å². The molecule has 1 amide bonds. The van der Waals surface area contributed by atoms with Crippen LogP contribution in [0.3, 0.4) is 0 Å². The van der Waals surface area contributed by atoms with Crippen molar-refractivity contribution in [2.45, 2.75) is 39.8 Å². The summed E-state index contributed by atoms with van der Waals surface area (Å²) in [5.41, 5.74) is 8.11. The van der Waals surface area contributed by atoms with E-state index in [9.17, 15) is 13.6 Å². The lowest BCUT2D eigenvalue weighted by Crippen LogP contribution is -2.37. The summed E-state index contributed by atoms with van der Waals surface area (Å²) in [7, 11) is 0. The number of amides is 1. The average Bonchev–Trinajstić information content (AvgIpc) is 3.05. The van der Waals surface area contributed by atoms with Crippen LogP contribution in [0.15, 0.2) is 42.5 Å². The number of aromatic nitrogens is 2. The summed E-state index contributed by atoms with van der Waals surface area (Å²) in [6.07, 6.45) is 4.52. The SMILES string of the molecule is CC=CCC(N)CNC(=O)c1c(C)nn2c(OCc3c(F)cccc3F)cc(C)cc12. The highest BCUT2D eigenvalue weighted by molar-refractivity contribution is 6.02. The number of nitrogens with one attached hydrogen (secondary N) is 1. The van der Waals surface area contributed by atoms with Crippen molar-refractivity contribution in [2.75, 3.05) is 6.54 Å². The van der Waals surface area contributed by atoms with Crippen molar-refractivity contribution in [3.8, 4) is 5.88 Å². The normalized spacial score (nSPS) is 12.5. The predicted molar refractivity (Wildman–Crippen MR) is 115 cm³/mol. The third kappa shape index (κ3) is 5.08. The van der Waals surface area contributed by atoms with Gasteiger partial charge in [0.1, 0.15) is 18.2 Å². The van der Waals surface area contributed by atoms with Crippen LogP contribution in [-0.2, 0) is 6.61 Å². The van der Waals surface area contributed by atoms with E-state index in [0.29, 0.717) is 29.7 Å². The Hall–Kier alpha value is -3.26. The van der Waals surface area contributed by atoms with E-state index in [0.717, 1.165) is 5.56 Å². The van der Waals surface area contributed by atoms with Crippen LogP contribution in [0.2, 0.25) is 0 Å². The summed E-state index contributed by atoms with van der Waals surface area (Å²) in [6.45, 7) is 5.49. The quantitative estimate of drug-likeness (QED) is 0.535. The molecule has 0 aliphatic heterocycles. The molecule has 0 radical (unpaired) electrons. The number of carbonyl (C=O) groups excluding carboxylic acids is 1. The minimum atomic E-state index is -0.685. The number of nitrogens with two attached hydrogens (primary N) is 1. The van der Waals surface area contributed by atoms with E-state index in [4.69, 9.17) is 10.5 Å². The topological polar surface area (TPSA) is 81.6 Å². The number of carbonyl (C=O) groups is 1. The van der Waals surface area contributed by atoms with Gasteiger partial charge in [0, 0.05) is 18.7 Å². The molecule has 3 N–H and O–H groups in total. The Kier molecular flexibility index (Phi) is 7.02. The molecular formula is C23H26F2N4O2. The summed E-state index contributed by atoms with van der Waals surface area (Å²) in [4.78, 5) is 12.8. The smallest absolute Gasteiger partial charge is 0.255 e. The van der Waals surface area contributed by atoms with Crippen LogP contribution in [-0.4, -0.2) is 28.1 Å². The van der Waals surface area contributed by atoms with Gasteiger partial charge < -0.3 is 15.8 Å². The lowest BCUT2D eigenvalue weighted by Gasteiger charge is -2.12. The molecular weight excluding hydrogens is 402 g/mol. The van der Waals surface area contributed by atoms with Crippen LogP contribution in [0.25, 0.3) is 5.52 Å². The van der Waals surface area contributed by atoms with Gasteiger partial charge in [-0.25, -0.2) is 8.78 Å². The summed E-state index contributed by atoms with van der Waals surface area (Å²) in [6, 6.07) is 6.96. The number of rotatable bonds is 8. The lowest BCUT2D eigenvalue weighted by molar-refractivity contribution is 0.0952. The van der Waals surface area contributed by atoms with E-state index in [2.05, 4.69) is 10.4 Å². The number of allylic oxidation sites excluding steroid dienone is 1. The van der Waals surface area contributed by atoms with Gasteiger partial charge in [0.25, 0.3) is 5.91 Å². The number of benzene rings is 1. The first kappa shape index (κ1) is 22.4. The first-order chi connectivity index (χ1) is 14.8. The van der Waals surface area contributed by atoms with Gasteiger partial charge >= 0.3 is 0 Å². The predicted octanol–water partition coefficient (Wildman–Crippen LogP) is 3.83. The zero-order valence-electron chi connectivity index (χ0n) is 17.8. The van der Waals surface area contributed by atoms with E-state index in [-0.39, 0.29) is 30.0 Å². The van der Waals surface area contributed by atoms with Gasteiger partial charge in [0.2, 0.25) is 5.88 Å². The molecule has 1 atom stereocenters. The molecule has 0 spiro atoms. The maximum absolute atomic E-state index is 13.9. The molecule has 164 valence electrons. The van der Waals surface area contributed by atoms with Crippen molar-refractivity contribution in [1.82, 2.24) is 14.9 Å². The zero-order valence-corrected chi connectivity index (χ0v) is 17.8. The average molecular weight is 428 g/mol. The monoisotopic (exact) mass is 428 g/mol. The maximum Gasteiger partial charge on any atom is 0.255 e. The molecule has 1 aromatic carbocycles. The Balaban J connectivity index is 1.86. The van der Waals surface area contributed by atoms with Gasteiger partial charge in [-0.05, 0) is 51.0 Å². The fourth-order valence-corrected chi connectivity index (χ4v) is 3.27. The number of pyridine rings is 1. The van der Waals surface area contributed by atoms with Crippen LogP contribution in [0.1, 0.15) is 40.5 Å². The van der Waals surface area contributed by atoms with E-state index in [1.807, 2.05) is 32.1 Å². The number of aryl methyl sites for hydroxylation is 2. The molecule has 2 aromatic heterocycles. The third-order valence-electron chi connectivity index (χ3n) is 4.87. The number of nitrogens with zero attached hydrogens (tertiary/aromatic N) is 2. The minimum absolute atomic E-state index is 0.172. The summed E-state index contributed by atoms with van der Waals surface area (Å²) in [5.74, 6) is -1.38. The zero-order chi connectivity index (χ0) is 22.5. The Labute approximate surface area is 179 Å². The van der Waals surface area contributed by atoms with Crippen LogP contribution in [0.5, 0.6) is 5.88 Å². The van der Waals surface area contributed by atoms with E-state index >= 15 is 0 Å². The van der Waals surface area contributed by atoms with Crippen molar-refractivity contribution < 1.29 is 18.3 Å². The Bertz CT molecular complexity index is 1100. The fraction of sp³-hybridized carbons (Fsp3) is 0.304. The molecule has 0 bridgehead atoms. The number of ether oxygens (including phenoxy) is 1. The van der Waals surface area contributed by atoms with Gasteiger partial charge in [-0.15, -0.1) is 0 Å². The Morgan fingerprint density at radius 2 is 2.00 bits per heavy atom. The molecule has 1 unspecified atom stereocenters. The summed E-state index contributed by atoms with van der Waals surface area (Å²) < 4.78 is 35.0. The van der Waals surface area contributed by atoms with Crippen molar-refractivity contribution in [2.24, 2.45) is 5.73 Å². The molecule has 6 nitrogen and oxygen atoms in total. The molecule has 8 heteroatoms. The molecule has 2 heterocycles. The second-order valence-corrected chi connectivity index (χ2v) is 7.39. The third-order valence-corrected chi connectivity index (χ3v) is 4.87. The van der Waals surface area contributed by atoms with E-state index < -0.39 is 11.6 Å². The molecule has 0 fully saturated rings. The van der Waals surface area contributed by atoms with Crippen LogP contribution >= 0.6 is 0 Å². The minimum Gasteiger partial charge on any atom is -0.473 e. The second-order valence-electron chi connectivity index (χ2n) is 7.39. The highest BCUT2D eigenvalue weighted by Gasteiger charge is 2.20. The van der Waals surface area contributed by atoms with Crippen LogP contribution < -0.4 is 15.8 Å². The summed E-state index contributed by atoms with van der Waals surface area (Å²) in [5, 5.41) is 7.26. The first-order valence-corrected chi connectivity index (χ1v) is 10.0. The van der Waals surface area contributed by atoms with Crippen LogP contribution in [0, 0.1) is 25.5 Å². The number of hydrogen-bond acceptors (Lipinski definition) is 4. The Morgan fingerprint density at radius 1 is 1.29 bits per heavy atom. The first-order valence-electron chi connectivity index (χ1n) is 10.0. The largest absolute Gasteiger partial charge is 0.473 e. The van der Waals surface area contributed by atoms with Gasteiger partial charge in [-0.3, -0.25) is 4.79 Å². The van der Waals surface area contributed by atoms with E-state index in [1.54, 1.807) is 13.0 Å². The number of halogens is 2. The fourth-order valence-electron chi connectivity index (χ4n) is 3.27. The molecule has 0 aliphatic rings. The molecule has 0 saturated carbocycles. The van der Waals surface area contributed by atoms with E-state index in [1.165, 1.54) is 22.7 Å². The Morgan fingerprint density at radius 3 is 2.68 bits per heavy atom. The molecule has 3 aromatic rings. The van der Waals surface area contributed by atoms with Gasteiger partial charge in [-0.2, -0.15) is 9.61 Å². The van der Waals surface area contributed by atoms with Crippen molar-refractivity contribution in [3.63, 3.8) is 0 Å². The number of hydrogen-bond donors (Lipinski definition) is 2. The maximum atomic E-state index is 13.9. The molecule has 31 heavy (non-hydrogen) atoms. The summed E-state index contributed by atoms with van der Waals surface area (Å²) >= 11 is 0. The highest BCUT2D eigenvalue weighted by atomic mass is 19.1. The second kappa shape index (κ2) is 9.70. The standard InChI is InChI=1S/C23H26F2N4O2/c1-4-5-7-16(26)12-27-23(30)22-15(3)28-29-20(22)10-14(2)11-21(29)31-13-17-18(24)8-6-9-19(17)25/h4-6,8-11,16H,7,12-13,26H2,1-3H3,(H,27,30). The van der Waals surface area contributed by atoms with Gasteiger partial charge in [0.05, 0.1) is 22.3 Å². The van der Waals surface area contributed by atoms with Crippen LogP contribution in [0.4, 0.5) is 8.78 Å². The molecule has 0 aliphatic carbocycles. The highest BCUT2D eigenvalue weighted by Crippen LogP contribution is 2.24. The van der Waals surface area contributed by atoms with Crippen molar-refractivity contribution >= 4 is 11.4 Å². The lowest BCUT2D eigenvalue weighted by atomic mass is 10.1.